The van der Waals surface area contributed by atoms with Crippen LogP contribution in [-0.4, -0.2) is 55.9 Å². The van der Waals surface area contributed by atoms with Crippen LogP contribution in [0.25, 0.3) is 33.5 Å². The van der Waals surface area contributed by atoms with Gasteiger partial charge in [-0.25, -0.2) is 14.8 Å². The first-order chi connectivity index (χ1) is 21.2. The molecular formula is C36H43N5O3. The molecule has 0 saturated heterocycles. The highest BCUT2D eigenvalue weighted by Crippen LogP contribution is 2.33. The molecule has 0 spiro atoms. The number of hydrogen-bond acceptors (Lipinski definition) is 5. The second-order valence-electron chi connectivity index (χ2n) is 11.6. The van der Waals surface area contributed by atoms with Crippen molar-refractivity contribution < 1.29 is 14.6 Å². The Bertz CT molecular complexity index is 1770. The molecule has 230 valence electrons. The standard InChI is InChI=1S/C36H43N5O3/c1-7-12-33-38-34-24(4)21-27(35-37-29(8-2)30(9-3)40(35)20-19-39(5)6)22-31(34)41(33)23-25-15-17-26(18-16-25)28-13-10-11-14-32(28)44-36(42)43/h10-11,13-18,21-22H,7-9,12,19-20,23H2,1-6H3,(H,42,43). The SMILES string of the molecule is CCCc1nc2c(C)cc(-c3nc(CC)c(CC)n3CCN(C)C)cc2n1Cc1ccc(-c2ccccc2OC(=O)O)cc1. The molecule has 0 bridgehead atoms. The molecule has 2 aromatic heterocycles. The molecule has 0 aliphatic rings. The molecule has 0 amide bonds. The molecule has 5 rings (SSSR count). The quantitative estimate of drug-likeness (QED) is 0.118. The summed E-state index contributed by atoms with van der Waals surface area (Å²) in [5, 5.41) is 9.16. The highest BCUT2D eigenvalue weighted by molar-refractivity contribution is 5.85. The number of benzene rings is 3. The molecule has 0 aliphatic carbocycles. The summed E-state index contributed by atoms with van der Waals surface area (Å²) < 4.78 is 9.78. The fourth-order valence-corrected chi connectivity index (χ4v) is 6.00. The van der Waals surface area contributed by atoms with Crippen molar-refractivity contribution in [1.29, 1.82) is 0 Å². The fraction of sp³-hybridized carbons (Fsp3) is 0.361. The van der Waals surface area contributed by atoms with Gasteiger partial charge in [-0.1, -0.05) is 63.2 Å². The predicted molar refractivity (Wildman–Crippen MR) is 177 cm³/mol. The van der Waals surface area contributed by atoms with Crippen molar-refractivity contribution >= 4 is 17.2 Å². The molecule has 0 atom stereocenters. The number of aromatic nitrogens is 4. The van der Waals surface area contributed by atoms with Gasteiger partial charge in [-0.2, -0.15) is 0 Å². The molecule has 0 aliphatic heterocycles. The molecule has 8 nitrogen and oxygen atoms in total. The van der Waals surface area contributed by atoms with Crippen LogP contribution >= 0.6 is 0 Å². The van der Waals surface area contributed by atoms with Crippen LogP contribution in [0.1, 0.15) is 55.5 Å². The van der Waals surface area contributed by atoms with Gasteiger partial charge in [-0.3, -0.25) is 0 Å². The van der Waals surface area contributed by atoms with Gasteiger partial charge < -0.3 is 23.9 Å². The van der Waals surface area contributed by atoms with Crippen LogP contribution in [0.4, 0.5) is 4.79 Å². The molecule has 44 heavy (non-hydrogen) atoms. The van der Waals surface area contributed by atoms with E-state index < -0.39 is 6.16 Å². The van der Waals surface area contributed by atoms with Crippen molar-refractivity contribution in [2.75, 3.05) is 20.6 Å². The van der Waals surface area contributed by atoms with E-state index in [2.05, 4.69) is 80.1 Å². The minimum atomic E-state index is -1.32. The lowest BCUT2D eigenvalue weighted by Crippen LogP contribution is -2.20. The van der Waals surface area contributed by atoms with Gasteiger partial charge in [0.1, 0.15) is 17.4 Å². The zero-order valence-electron chi connectivity index (χ0n) is 26.7. The number of nitrogens with zero attached hydrogens (tertiary/aromatic N) is 5. The molecule has 0 unspecified atom stereocenters. The van der Waals surface area contributed by atoms with E-state index in [9.17, 15) is 4.79 Å². The van der Waals surface area contributed by atoms with Crippen LogP contribution in [-0.2, 0) is 32.4 Å². The van der Waals surface area contributed by atoms with Crippen molar-refractivity contribution in [2.45, 2.75) is 66.5 Å². The largest absolute Gasteiger partial charge is 0.511 e. The van der Waals surface area contributed by atoms with Crippen molar-refractivity contribution in [3.05, 3.63) is 89.0 Å². The molecule has 8 heteroatoms. The maximum atomic E-state index is 11.2. The normalized spacial score (nSPS) is 11.5. The predicted octanol–water partition coefficient (Wildman–Crippen LogP) is 7.62. The minimum absolute atomic E-state index is 0.322. The number of fused-ring (bicyclic) bond motifs is 1. The summed E-state index contributed by atoms with van der Waals surface area (Å²) in [6.45, 7) is 11.3. The summed E-state index contributed by atoms with van der Waals surface area (Å²) in [6.07, 6.45) is 2.43. The third-order valence-electron chi connectivity index (χ3n) is 8.14. The van der Waals surface area contributed by atoms with Crippen LogP contribution in [0.5, 0.6) is 5.75 Å². The van der Waals surface area contributed by atoms with E-state index in [0.717, 1.165) is 89.3 Å². The zero-order valence-corrected chi connectivity index (χ0v) is 26.7. The number of carbonyl (C=O) groups is 1. The van der Waals surface area contributed by atoms with E-state index in [1.807, 2.05) is 24.3 Å². The first kappa shape index (κ1) is 31.0. The maximum absolute atomic E-state index is 11.2. The second-order valence-corrected chi connectivity index (χ2v) is 11.6. The summed E-state index contributed by atoms with van der Waals surface area (Å²) in [7, 11) is 4.23. The van der Waals surface area contributed by atoms with E-state index in [0.29, 0.717) is 12.3 Å². The average molecular weight is 594 g/mol. The Kier molecular flexibility index (Phi) is 9.49. The third-order valence-corrected chi connectivity index (χ3v) is 8.14. The fourth-order valence-electron chi connectivity index (χ4n) is 6.00. The lowest BCUT2D eigenvalue weighted by atomic mass is 10.0. The number of rotatable bonds is 12. The Morgan fingerprint density at radius 3 is 2.34 bits per heavy atom. The monoisotopic (exact) mass is 593 g/mol. The molecule has 0 fully saturated rings. The van der Waals surface area contributed by atoms with Crippen LogP contribution < -0.4 is 4.74 Å². The number of imidazole rings is 2. The number of carboxylic acid groups (broad SMARTS) is 1. The Labute approximate surface area is 260 Å². The number of hydrogen-bond donors (Lipinski definition) is 1. The van der Waals surface area contributed by atoms with Gasteiger partial charge in [-0.15, -0.1) is 0 Å². The summed E-state index contributed by atoms with van der Waals surface area (Å²) in [5.74, 6) is 2.43. The van der Waals surface area contributed by atoms with E-state index >= 15 is 0 Å². The molecule has 3 aromatic carbocycles. The third kappa shape index (κ3) is 6.40. The Morgan fingerprint density at radius 1 is 0.932 bits per heavy atom. The maximum Gasteiger partial charge on any atom is 0.511 e. The highest BCUT2D eigenvalue weighted by atomic mass is 16.7. The first-order valence-corrected chi connectivity index (χ1v) is 15.6. The first-order valence-electron chi connectivity index (χ1n) is 15.6. The van der Waals surface area contributed by atoms with Gasteiger partial charge in [0.05, 0.1) is 16.7 Å². The van der Waals surface area contributed by atoms with Crippen molar-refractivity contribution in [2.24, 2.45) is 0 Å². The van der Waals surface area contributed by atoms with Crippen LogP contribution in [0, 0.1) is 6.92 Å². The lowest BCUT2D eigenvalue weighted by Gasteiger charge is -2.16. The smallest absolute Gasteiger partial charge is 0.449 e. The molecule has 0 saturated carbocycles. The number of ether oxygens (including phenoxy) is 1. The van der Waals surface area contributed by atoms with E-state index in [1.165, 1.54) is 11.4 Å². The Hall–Kier alpha value is -4.43. The van der Waals surface area contributed by atoms with Gasteiger partial charge in [0.15, 0.2) is 0 Å². The molecule has 0 radical (unpaired) electrons. The zero-order chi connectivity index (χ0) is 31.4. The van der Waals surface area contributed by atoms with Gasteiger partial charge >= 0.3 is 6.16 Å². The van der Waals surface area contributed by atoms with Crippen LogP contribution in [0.2, 0.25) is 0 Å². The molecular weight excluding hydrogens is 550 g/mol. The number of likely N-dealkylation sites (N-methyl/N-ethyl adjacent to an activating group) is 1. The van der Waals surface area contributed by atoms with Gasteiger partial charge in [0, 0.05) is 42.9 Å². The van der Waals surface area contributed by atoms with Gasteiger partial charge in [-0.05, 0) is 75.2 Å². The molecule has 2 heterocycles. The van der Waals surface area contributed by atoms with Crippen molar-refractivity contribution in [1.82, 2.24) is 24.0 Å². The minimum Gasteiger partial charge on any atom is -0.449 e. The van der Waals surface area contributed by atoms with Gasteiger partial charge in [0.2, 0.25) is 0 Å². The Morgan fingerprint density at radius 2 is 1.68 bits per heavy atom. The summed E-state index contributed by atoms with van der Waals surface area (Å²) >= 11 is 0. The average Bonchev–Trinajstić information content (AvgIpc) is 3.54. The van der Waals surface area contributed by atoms with Crippen LogP contribution in [0.3, 0.4) is 0 Å². The topological polar surface area (TPSA) is 85.4 Å². The summed E-state index contributed by atoms with van der Waals surface area (Å²) in [6, 6.07) is 20.0. The number of aryl methyl sites for hydroxylation is 3. The summed E-state index contributed by atoms with van der Waals surface area (Å²) in [4.78, 5) is 23.7. The lowest BCUT2D eigenvalue weighted by molar-refractivity contribution is 0.144. The van der Waals surface area contributed by atoms with Crippen LogP contribution in [0.15, 0.2) is 60.7 Å². The molecule has 1 N–H and O–H groups in total. The van der Waals surface area contributed by atoms with E-state index in [-0.39, 0.29) is 0 Å². The Balaban J connectivity index is 1.56. The number of para-hydroxylation sites is 1. The van der Waals surface area contributed by atoms with Gasteiger partial charge in [0.25, 0.3) is 0 Å². The van der Waals surface area contributed by atoms with E-state index in [4.69, 9.17) is 19.8 Å². The summed E-state index contributed by atoms with van der Waals surface area (Å²) in [5.41, 5.74) is 9.69. The van der Waals surface area contributed by atoms with E-state index in [1.54, 1.807) is 12.1 Å². The highest BCUT2D eigenvalue weighted by Gasteiger charge is 2.20. The second kappa shape index (κ2) is 13.5. The van der Waals surface area contributed by atoms with Crippen molar-refractivity contribution in [3.8, 4) is 28.3 Å². The van der Waals surface area contributed by atoms with Crippen molar-refractivity contribution in [3.63, 3.8) is 0 Å². The molecule has 5 aromatic rings.